The van der Waals surface area contributed by atoms with Gasteiger partial charge >= 0.3 is 0 Å². The van der Waals surface area contributed by atoms with E-state index in [4.69, 9.17) is 14.5 Å². The summed E-state index contributed by atoms with van der Waals surface area (Å²) in [4.78, 5) is 11.6. The van der Waals surface area contributed by atoms with Crippen LogP contribution in [-0.4, -0.2) is 36.3 Å². The van der Waals surface area contributed by atoms with Gasteiger partial charge in [-0.1, -0.05) is 0 Å². The van der Waals surface area contributed by atoms with Crippen LogP contribution in [0, 0.1) is 6.92 Å². The molecule has 0 aliphatic carbocycles. The van der Waals surface area contributed by atoms with Gasteiger partial charge in [0.25, 0.3) is 0 Å². The molecule has 4 rings (SSSR count). The molecule has 0 radical (unpaired) electrons. The maximum absolute atomic E-state index is 5.64. The molecule has 3 heterocycles. The molecular weight excluding hydrogens is 304 g/mol. The second-order valence-electron chi connectivity index (χ2n) is 6.23. The maximum Gasteiger partial charge on any atom is 0.227 e. The monoisotopic (exact) mass is 326 g/mol. The van der Waals surface area contributed by atoms with Crippen molar-refractivity contribution >= 4 is 17.5 Å². The second kappa shape index (κ2) is 6.55. The molecule has 126 valence electrons. The van der Waals surface area contributed by atoms with Gasteiger partial charge in [0, 0.05) is 36.6 Å². The summed E-state index contributed by atoms with van der Waals surface area (Å²) in [6, 6.07) is 7.82. The third-order valence-corrected chi connectivity index (χ3v) is 4.30. The molecule has 0 atom stereocenters. The van der Waals surface area contributed by atoms with Gasteiger partial charge < -0.3 is 19.7 Å². The highest BCUT2D eigenvalue weighted by atomic mass is 16.6. The van der Waals surface area contributed by atoms with Crippen LogP contribution in [0.15, 0.2) is 24.3 Å². The molecule has 2 aliphatic rings. The Morgan fingerprint density at radius 3 is 2.58 bits per heavy atom. The highest BCUT2D eigenvalue weighted by molar-refractivity contribution is 5.62. The van der Waals surface area contributed by atoms with E-state index in [9.17, 15) is 0 Å². The third kappa shape index (κ3) is 3.22. The van der Waals surface area contributed by atoms with Gasteiger partial charge in [-0.3, -0.25) is 0 Å². The normalized spacial score (nSPS) is 16.8. The summed E-state index contributed by atoms with van der Waals surface area (Å²) in [6.07, 6.45) is 3.72. The molecule has 6 heteroatoms. The molecular formula is C18H22N4O2. The lowest BCUT2D eigenvalue weighted by Crippen LogP contribution is -2.31. The molecule has 2 aliphatic heterocycles. The van der Waals surface area contributed by atoms with Crippen LogP contribution in [0.5, 0.6) is 11.5 Å². The van der Waals surface area contributed by atoms with Crippen LogP contribution in [0.3, 0.4) is 0 Å². The Morgan fingerprint density at radius 1 is 0.958 bits per heavy atom. The van der Waals surface area contributed by atoms with Gasteiger partial charge in [-0.05, 0) is 38.3 Å². The predicted molar refractivity (Wildman–Crippen MR) is 93.5 cm³/mol. The van der Waals surface area contributed by atoms with Gasteiger partial charge in [-0.2, -0.15) is 4.98 Å². The lowest BCUT2D eigenvalue weighted by molar-refractivity contribution is 0.171. The van der Waals surface area contributed by atoms with Crippen molar-refractivity contribution in [2.75, 3.05) is 36.5 Å². The molecule has 1 fully saturated rings. The zero-order valence-electron chi connectivity index (χ0n) is 13.9. The zero-order chi connectivity index (χ0) is 16.4. The van der Waals surface area contributed by atoms with E-state index < -0.39 is 0 Å². The van der Waals surface area contributed by atoms with E-state index in [-0.39, 0.29) is 0 Å². The third-order valence-electron chi connectivity index (χ3n) is 4.30. The number of piperidine rings is 1. The molecule has 1 saturated heterocycles. The van der Waals surface area contributed by atoms with Crippen molar-refractivity contribution in [1.29, 1.82) is 0 Å². The molecule has 6 nitrogen and oxygen atoms in total. The fraction of sp³-hybridized carbons (Fsp3) is 0.444. The topological polar surface area (TPSA) is 59.5 Å². The van der Waals surface area contributed by atoms with Crippen molar-refractivity contribution in [2.45, 2.75) is 26.2 Å². The van der Waals surface area contributed by atoms with E-state index in [2.05, 4.69) is 15.2 Å². The largest absolute Gasteiger partial charge is 0.486 e. The van der Waals surface area contributed by atoms with Crippen molar-refractivity contribution in [2.24, 2.45) is 0 Å². The van der Waals surface area contributed by atoms with E-state index in [1.165, 1.54) is 19.3 Å². The summed E-state index contributed by atoms with van der Waals surface area (Å²) < 4.78 is 11.2. The zero-order valence-corrected chi connectivity index (χ0v) is 13.9. The Balaban J connectivity index is 1.56. The number of nitrogens with one attached hydrogen (secondary N) is 1. The number of nitrogens with zero attached hydrogens (tertiary/aromatic N) is 3. The van der Waals surface area contributed by atoms with Gasteiger partial charge in [0.15, 0.2) is 11.5 Å². The Hall–Kier alpha value is -2.50. The van der Waals surface area contributed by atoms with E-state index in [0.717, 1.165) is 47.7 Å². The van der Waals surface area contributed by atoms with E-state index in [1.807, 2.05) is 31.2 Å². The minimum Gasteiger partial charge on any atom is -0.486 e. The van der Waals surface area contributed by atoms with Gasteiger partial charge in [0.05, 0.1) is 0 Å². The Morgan fingerprint density at radius 2 is 1.75 bits per heavy atom. The van der Waals surface area contributed by atoms with Crippen molar-refractivity contribution in [1.82, 2.24) is 9.97 Å². The standard InChI is InChI=1S/C18H22N4O2/c1-13-11-17(21-18(19-13)22-7-3-2-4-8-22)20-14-5-6-15-16(12-14)24-10-9-23-15/h5-6,11-12H,2-4,7-10H2,1H3,(H,19,20,21). The Labute approximate surface area is 141 Å². The lowest BCUT2D eigenvalue weighted by atomic mass is 10.1. The summed E-state index contributed by atoms with van der Waals surface area (Å²) in [5.74, 6) is 3.18. The van der Waals surface area contributed by atoms with Gasteiger partial charge in [-0.25, -0.2) is 4.98 Å². The summed E-state index contributed by atoms with van der Waals surface area (Å²) in [7, 11) is 0. The predicted octanol–water partition coefficient (Wildman–Crippen LogP) is 3.29. The van der Waals surface area contributed by atoms with Gasteiger partial charge in [0.1, 0.15) is 19.0 Å². The number of aromatic nitrogens is 2. The van der Waals surface area contributed by atoms with Crippen molar-refractivity contribution in [3.8, 4) is 11.5 Å². The number of rotatable bonds is 3. The van der Waals surface area contributed by atoms with Crippen molar-refractivity contribution in [3.63, 3.8) is 0 Å². The number of hydrogen-bond donors (Lipinski definition) is 1. The average molecular weight is 326 g/mol. The minimum absolute atomic E-state index is 0.585. The van der Waals surface area contributed by atoms with Gasteiger partial charge in [0.2, 0.25) is 5.95 Å². The van der Waals surface area contributed by atoms with Crippen molar-refractivity contribution < 1.29 is 9.47 Å². The van der Waals surface area contributed by atoms with Crippen molar-refractivity contribution in [3.05, 3.63) is 30.0 Å². The first-order chi connectivity index (χ1) is 11.8. The van der Waals surface area contributed by atoms with Crippen LogP contribution in [0.25, 0.3) is 0 Å². The van der Waals surface area contributed by atoms with Crippen LogP contribution in [0.4, 0.5) is 17.5 Å². The highest BCUT2D eigenvalue weighted by Crippen LogP contribution is 2.33. The number of aryl methyl sites for hydroxylation is 1. The molecule has 0 unspecified atom stereocenters. The molecule has 0 saturated carbocycles. The summed E-state index contributed by atoms with van der Waals surface area (Å²) in [5, 5.41) is 3.36. The van der Waals surface area contributed by atoms with Crippen LogP contribution in [0.1, 0.15) is 25.0 Å². The van der Waals surface area contributed by atoms with Gasteiger partial charge in [-0.15, -0.1) is 0 Å². The molecule has 1 aromatic carbocycles. The average Bonchev–Trinajstić information content (AvgIpc) is 2.62. The molecule has 1 N–H and O–H groups in total. The summed E-state index contributed by atoms with van der Waals surface area (Å²) >= 11 is 0. The van der Waals surface area contributed by atoms with Crippen LogP contribution < -0.4 is 19.7 Å². The number of anilines is 3. The van der Waals surface area contributed by atoms with E-state index in [1.54, 1.807) is 0 Å². The number of ether oxygens (including phenoxy) is 2. The summed E-state index contributed by atoms with van der Waals surface area (Å²) in [5.41, 5.74) is 1.90. The SMILES string of the molecule is Cc1cc(Nc2ccc3c(c2)OCCO3)nc(N2CCCCC2)n1. The summed E-state index contributed by atoms with van der Waals surface area (Å²) in [6.45, 7) is 5.26. The highest BCUT2D eigenvalue weighted by Gasteiger charge is 2.16. The first kappa shape index (κ1) is 15.1. The molecule has 2 aromatic rings. The van der Waals surface area contributed by atoms with Crippen LogP contribution >= 0.6 is 0 Å². The Bertz CT molecular complexity index is 729. The second-order valence-corrected chi connectivity index (χ2v) is 6.23. The smallest absolute Gasteiger partial charge is 0.227 e. The lowest BCUT2D eigenvalue weighted by Gasteiger charge is -2.27. The quantitative estimate of drug-likeness (QED) is 0.934. The first-order valence-corrected chi connectivity index (χ1v) is 8.55. The molecule has 24 heavy (non-hydrogen) atoms. The Kier molecular flexibility index (Phi) is 4.11. The first-order valence-electron chi connectivity index (χ1n) is 8.55. The fourth-order valence-corrected chi connectivity index (χ4v) is 3.12. The molecule has 1 aromatic heterocycles. The molecule has 0 amide bonds. The van der Waals surface area contributed by atoms with Crippen LogP contribution in [0.2, 0.25) is 0 Å². The fourth-order valence-electron chi connectivity index (χ4n) is 3.12. The van der Waals surface area contributed by atoms with E-state index in [0.29, 0.717) is 13.2 Å². The number of fused-ring (bicyclic) bond motifs is 1. The molecule has 0 spiro atoms. The van der Waals surface area contributed by atoms with Crippen LogP contribution in [-0.2, 0) is 0 Å². The number of benzene rings is 1. The van der Waals surface area contributed by atoms with E-state index >= 15 is 0 Å². The molecule has 0 bridgehead atoms. The number of hydrogen-bond acceptors (Lipinski definition) is 6. The minimum atomic E-state index is 0.585. The maximum atomic E-state index is 5.64.